The van der Waals surface area contributed by atoms with Crippen LogP contribution < -0.4 is 16.2 Å². The second kappa shape index (κ2) is 8.12. The highest BCUT2D eigenvalue weighted by Gasteiger charge is 2.04. The van der Waals surface area contributed by atoms with Gasteiger partial charge in [-0.25, -0.2) is 0 Å². The number of hydrazine groups is 1. The van der Waals surface area contributed by atoms with Crippen molar-refractivity contribution in [3.05, 3.63) is 29.8 Å². The summed E-state index contributed by atoms with van der Waals surface area (Å²) in [6.45, 7) is 4.33. The molecule has 6 heteroatoms. The molecule has 1 amide bonds. The first-order chi connectivity index (χ1) is 9.56. The Morgan fingerprint density at radius 3 is 2.55 bits per heavy atom. The summed E-state index contributed by atoms with van der Waals surface area (Å²) in [4.78, 5) is 11.1. The number of carbonyl (C=O) groups excluding carboxylic acids is 1. The molecule has 106 valence electrons. The zero-order valence-electron chi connectivity index (χ0n) is 11.6. The highest BCUT2D eigenvalue weighted by Crippen LogP contribution is 2.20. The quantitative estimate of drug-likeness (QED) is 0.586. The number of hydrogen-bond donors (Lipinski definition) is 3. The average molecular weight is 290 g/mol. The summed E-state index contributed by atoms with van der Waals surface area (Å²) in [5.74, 6) is 0.100. The molecule has 1 aromatic carbocycles. The third-order valence-electron chi connectivity index (χ3n) is 2.91. The Hall–Kier alpha value is -2.13. The lowest BCUT2D eigenvalue weighted by atomic mass is 9.99. The van der Waals surface area contributed by atoms with Crippen molar-refractivity contribution in [1.29, 1.82) is 5.26 Å². The summed E-state index contributed by atoms with van der Waals surface area (Å²) < 4.78 is 0. The summed E-state index contributed by atoms with van der Waals surface area (Å²) in [6, 6.07) is 9.72. The lowest BCUT2D eigenvalue weighted by Crippen LogP contribution is -2.43. The van der Waals surface area contributed by atoms with Gasteiger partial charge in [0, 0.05) is 5.69 Å². The van der Waals surface area contributed by atoms with Crippen LogP contribution in [0.15, 0.2) is 24.3 Å². The number of benzene rings is 1. The molecule has 0 fully saturated rings. The lowest BCUT2D eigenvalue weighted by Gasteiger charge is -2.12. The van der Waals surface area contributed by atoms with E-state index in [-0.39, 0.29) is 11.5 Å². The Labute approximate surface area is 124 Å². The maximum absolute atomic E-state index is 11.1. The van der Waals surface area contributed by atoms with Gasteiger partial charge in [-0.1, -0.05) is 26.0 Å². The Morgan fingerprint density at radius 1 is 1.35 bits per heavy atom. The van der Waals surface area contributed by atoms with Crippen LogP contribution in [0.1, 0.15) is 38.2 Å². The van der Waals surface area contributed by atoms with Crippen LogP contribution in [0.4, 0.5) is 5.69 Å². The van der Waals surface area contributed by atoms with Gasteiger partial charge in [-0.15, -0.1) is 0 Å². The van der Waals surface area contributed by atoms with Gasteiger partial charge < -0.3 is 5.32 Å². The lowest BCUT2D eigenvalue weighted by molar-refractivity contribution is -0.120. The molecule has 3 N–H and O–H groups in total. The van der Waals surface area contributed by atoms with Crippen molar-refractivity contribution in [2.75, 3.05) is 5.32 Å². The van der Waals surface area contributed by atoms with Gasteiger partial charge in [-0.3, -0.25) is 15.6 Å². The highest BCUT2D eigenvalue weighted by molar-refractivity contribution is 7.80. The van der Waals surface area contributed by atoms with Crippen LogP contribution in [-0.2, 0) is 4.79 Å². The van der Waals surface area contributed by atoms with Gasteiger partial charge in [0.1, 0.15) is 6.42 Å². The molecule has 1 unspecified atom stereocenters. The second-order valence-corrected chi connectivity index (χ2v) is 4.80. The van der Waals surface area contributed by atoms with E-state index in [0.717, 1.165) is 12.1 Å². The first kappa shape index (κ1) is 15.9. The van der Waals surface area contributed by atoms with Gasteiger partial charge in [-0.2, -0.15) is 5.26 Å². The molecule has 0 aliphatic carbocycles. The molecule has 20 heavy (non-hydrogen) atoms. The molecule has 0 bridgehead atoms. The zero-order chi connectivity index (χ0) is 15.0. The smallest absolute Gasteiger partial charge is 0.252 e. The number of carbonyl (C=O) groups is 1. The number of hydrogen-bond acceptors (Lipinski definition) is 3. The molecule has 5 nitrogen and oxygen atoms in total. The normalized spacial score (nSPS) is 11.1. The van der Waals surface area contributed by atoms with Crippen LogP contribution in [0.25, 0.3) is 0 Å². The van der Waals surface area contributed by atoms with E-state index in [0.29, 0.717) is 5.92 Å². The van der Waals surface area contributed by atoms with Crippen LogP contribution in [0.5, 0.6) is 0 Å². The van der Waals surface area contributed by atoms with Crippen molar-refractivity contribution in [3.63, 3.8) is 0 Å². The van der Waals surface area contributed by atoms with E-state index in [4.69, 9.17) is 17.5 Å². The van der Waals surface area contributed by atoms with Gasteiger partial charge in [0.25, 0.3) is 5.91 Å². The molecule has 1 rings (SSSR count). The maximum atomic E-state index is 11.1. The Balaban J connectivity index is 2.46. The number of rotatable bonds is 4. The Bertz CT molecular complexity index is 507. The Morgan fingerprint density at radius 2 is 2.00 bits per heavy atom. The van der Waals surface area contributed by atoms with Gasteiger partial charge in [0.05, 0.1) is 6.07 Å². The number of thiocarbonyl (C=S) groups is 1. The molecule has 0 spiro atoms. The number of nitrogens with zero attached hydrogens (tertiary/aromatic N) is 1. The van der Waals surface area contributed by atoms with Crippen LogP contribution in [0, 0.1) is 11.3 Å². The fourth-order valence-electron chi connectivity index (χ4n) is 1.54. The summed E-state index contributed by atoms with van der Waals surface area (Å²) in [6.07, 6.45) is 0.886. The van der Waals surface area contributed by atoms with E-state index in [1.165, 1.54) is 5.56 Å². The highest BCUT2D eigenvalue weighted by atomic mass is 32.1. The van der Waals surface area contributed by atoms with Crippen LogP contribution >= 0.6 is 12.2 Å². The molecular formula is C14H18N4OS. The number of nitriles is 1. The molecule has 1 aromatic rings. The van der Waals surface area contributed by atoms with Gasteiger partial charge in [0.2, 0.25) is 0 Å². The van der Waals surface area contributed by atoms with E-state index in [1.54, 1.807) is 6.07 Å². The first-order valence-corrected chi connectivity index (χ1v) is 6.80. The number of amides is 1. The fourth-order valence-corrected chi connectivity index (χ4v) is 1.70. The number of nitrogens with one attached hydrogen (secondary N) is 3. The minimum absolute atomic E-state index is 0.209. The molecular weight excluding hydrogens is 272 g/mol. The van der Waals surface area contributed by atoms with Crippen LogP contribution in [0.2, 0.25) is 0 Å². The molecule has 0 radical (unpaired) electrons. The van der Waals surface area contributed by atoms with Crippen molar-refractivity contribution in [1.82, 2.24) is 10.9 Å². The van der Waals surface area contributed by atoms with Gasteiger partial charge in [-0.05, 0) is 42.3 Å². The monoisotopic (exact) mass is 290 g/mol. The Kier molecular flexibility index (Phi) is 6.47. The third kappa shape index (κ3) is 5.24. The third-order valence-corrected chi connectivity index (χ3v) is 3.11. The van der Waals surface area contributed by atoms with E-state index in [1.807, 2.05) is 24.3 Å². The standard InChI is InChI=1S/C14H18N4OS/c1-3-10(2)11-4-6-12(7-5-11)16-14(20)18-17-13(19)8-9-15/h4-7,10H,3,8H2,1-2H3,(H,17,19)(H2,16,18,20). The summed E-state index contributed by atoms with van der Waals surface area (Å²) in [5, 5.41) is 11.6. The van der Waals surface area contributed by atoms with Gasteiger partial charge in [0.15, 0.2) is 5.11 Å². The van der Waals surface area contributed by atoms with Crippen molar-refractivity contribution in [2.45, 2.75) is 32.6 Å². The topological polar surface area (TPSA) is 76.9 Å². The van der Waals surface area contributed by atoms with Gasteiger partial charge >= 0.3 is 0 Å². The van der Waals surface area contributed by atoms with Crippen molar-refractivity contribution >= 4 is 28.9 Å². The molecule has 0 saturated carbocycles. The summed E-state index contributed by atoms with van der Waals surface area (Å²) in [5.41, 5.74) is 6.98. The summed E-state index contributed by atoms with van der Waals surface area (Å²) in [7, 11) is 0. The van der Waals surface area contributed by atoms with Crippen LogP contribution in [-0.4, -0.2) is 11.0 Å². The second-order valence-electron chi connectivity index (χ2n) is 4.39. The average Bonchev–Trinajstić information content (AvgIpc) is 2.45. The SMILES string of the molecule is CCC(C)c1ccc(NC(=S)NNC(=O)CC#N)cc1. The van der Waals surface area contributed by atoms with Crippen molar-refractivity contribution in [3.8, 4) is 6.07 Å². The maximum Gasteiger partial charge on any atom is 0.252 e. The predicted octanol–water partition coefficient (Wildman–Crippen LogP) is 2.43. The molecule has 0 heterocycles. The molecule has 0 saturated heterocycles. The fraction of sp³-hybridized carbons (Fsp3) is 0.357. The van der Waals surface area contributed by atoms with E-state index in [2.05, 4.69) is 30.0 Å². The van der Waals surface area contributed by atoms with Crippen LogP contribution in [0.3, 0.4) is 0 Å². The predicted molar refractivity (Wildman–Crippen MR) is 82.9 cm³/mol. The minimum atomic E-state index is -0.427. The molecule has 0 aromatic heterocycles. The first-order valence-electron chi connectivity index (χ1n) is 6.39. The molecule has 0 aliphatic rings. The minimum Gasteiger partial charge on any atom is -0.331 e. The summed E-state index contributed by atoms with van der Waals surface area (Å²) >= 11 is 5.03. The largest absolute Gasteiger partial charge is 0.331 e. The van der Waals surface area contributed by atoms with Crippen molar-refractivity contribution in [2.24, 2.45) is 0 Å². The van der Waals surface area contributed by atoms with Crippen molar-refractivity contribution < 1.29 is 4.79 Å². The molecule has 1 atom stereocenters. The molecule has 0 aliphatic heterocycles. The van der Waals surface area contributed by atoms with E-state index >= 15 is 0 Å². The van der Waals surface area contributed by atoms with E-state index in [9.17, 15) is 4.79 Å². The van der Waals surface area contributed by atoms with E-state index < -0.39 is 5.91 Å². The zero-order valence-corrected chi connectivity index (χ0v) is 12.4. The number of anilines is 1.